The molecular formula is C23H36O2. The van der Waals surface area contributed by atoms with Crippen LogP contribution in [0.1, 0.15) is 78.6 Å². The SMILES string of the molecule is CC(O)C#C[C@H]1CCC2C3CC[C@H]4C[C@H](O)CC[C@]4(C)C3CC[C@@]21C. The van der Waals surface area contributed by atoms with Crippen LogP contribution in [0.4, 0.5) is 0 Å². The third kappa shape index (κ3) is 2.78. The Morgan fingerprint density at radius 2 is 1.64 bits per heavy atom. The molecule has 4 fully saturated rings. The van der Waals surface area contributed by atoms with Crippen LogP contribution in [0, 0.1) is 52.3 Å². The van der Waals surface area contributed by atoms with Crippen molar-refractivity contribution in [3.05, 3.63) is 0 Å². The van der Waals surface area contributed by atoms with Crippen LogP contribution in [0.3, 0.4) is 0 Å². The molecule has 140 valence electrons. The number of hydrogen-bond donors (Lipinski definition) is 2. The average Bonchev–Trinajstić information content (AvgIpc) is 2.90. The van der Waals surface area contributed by atoms with Crippen molar-refractivity contribution >= 4 is 0 Å². The predicted molar refractivity (Wildman–Crippen MR) is 101 cm³/mol. The van der Waals surface area contributed by atoms with Crippen LogP contribution in [-0.2, 0) is 0 Å². The van der Waals surface area contributed by atoms with Gasteiger partial charge in [0.05, 0.1) is 6.10 Å². The highest BCUT2D eigenvalue weighted by atomic mass is 16.3. The lowest BCUT2D eigenvalue weighted by molar-refractivity contribution is -0.124. The highest BCUT2D eigenvalue weighted by Crippen LogP contribution is 2.67. The van der Waals surface area contributed by atoms with Gasteiger partial charge in [-0.3, -0.25) is 0 Å². The fourth-order valence-corrected chi connectivity index (χ4v) is 7.69. The van der Waals surface area contributed by atoms with Gasteiger partial charge in [-0.2, -0.15) is 0 Å². The summed E-state index contributed by atoms with van der Waals surface area (Å²) in [6, 6.07) is 0. The molecule has 4 rings (SSSR count). The lowest BCUT2D eigenvalue weighted by Gasteiger charge is -2.60. The zero-order chi connectivity index (χ0) is 17.8. The Hall–Kier alpha value is -0.520. The van der Waals surface area contributed by atoms with Gasteiger partial charge >= 0.3 is 0 Å². The van der Waals surface area contributed by atoms with Gasteiger partial charge in [0.25, 0.3) is 0 Å². The van der Waals surface area contributed by atoms with E-state index in [9.17, 15) is 10.2 Å². The summed E-state index contributed by atoms with van der Waals surface area (Å²) in [4.78, 5) is 0. The Labute approximate surface area is 153 Å². The maximum absolute atomic E-state index is 10.2. The fourth-order valence-electron chi connectivity index (χ4n) is 7.69. The molecular weight excluding hydrogens is 308 g/mol. The lowest BCUT2D eigenvalue weighted by Crippen LogP contribution is -2.53. The molecule has 0 radical (unpaired) electrons. The minimum Gasteiger partial charge on any atom is -0.393 e. The first-order valence-electron chi connectivity index (χ1n) is 10.7. The first-order chi connectivity index (χ1) is 11.8. The van der Waals surface area contributed by atoms with E-state index in [1.807, 2.05) is 0 Å². The number of aliphatic hydroxyl groups is 2. The first kappa shape index (κ1) is 17.9. The fraction of sp³-hybridized carbons (Fsp3) is 0.913. The normalized spacial score (nSPS) is 53.0. The molecule has 4 aliphatic carbocycles. The molecule has 9 atom stereocenters. The highest BCUT2D eigenvalue weighted by molar-refractivity contribution is 5.18. The maximum Gasteiger partial charge on any atom is 0.111 e. The van der Waals surface area contributed by atoms with Crippen LogP contribution in [0.15, 0.2) is 0 Å². The second kappa shape index (κ2) is 6.28. The maximum atomic E-state index is 10.2. The van der Waals surface area contributed by atoms with Gasteiger partial charge < -0.3 is 10.2 Å². The molecule has 0 spiro atoms. The van der Waals surface area contributed by atoms with E-state index in [4.69, 9.17) is 0 Å². The van der Waals surface area contributed by atoms with Crippen LogP contribution in [0.25, 0.3) is 0 Å². The van der Waals surface area contributed by atoms with E-state index in [-0.39, 0.29) is 6.10 Å². The Morgan fingerprint density at radius 3 is 2.40 bits per heavy atom. The summed E-state index contributed by atoms with van der Waals surface area (Å²) < 4.78 is 0. The molecule has 0 aromatic rings. The largest absolute Gasteiger partial charge is 0.393 e. The summed E-state index contributed by atoms with van der Waals surface area (Å²) in [5.41, 5.74) is 0.827. The van der Waals surface area contributed by atoms with Crippen molar-refractivity contribution in [2.75, 3.05) is 0 Å². The number of fused-ring (bicyclic) bond motifs is 5. The van der Waals surface area contributed by atoms with E-state index in [1.54, 1.807) is 6.92 Å². The molecule has 0 aliphatic heterocycles. The summed E-state index contributed by atoms with van der Waals surface area (Å²) in [6.07, 6.45) is 10.7. The Balaban J connectivity index is 1.57. The first-order valence-corrected chi connectivity index (χ1v) is 10.7. The Morgan fingerprint density at radius 1 is 0.920 bits per heavy atom. The summed E-state index contributed by atoms with van der Waals surface area (Å²) in [6.45, 7) is 6.84. The third-order valence-electron chi connectivity index (χ3n) is 9.10. The van der Waals surface area contributed by atoms with Crippen molar-refractivity contribution in [1.82, 2.24) is 0 Å². The van der Waals surface area contributed by atoms with Gasteiger partial charge in [0.1, 0.15) is 6.10 Å². The number of aliphatic hydroxyl groups excluding tert-OH is 2. The van der Waals surface area contributed by atoms with Crippen LogP contribution in [0.5, 0.6) is 0 Å². The van der Waals surface area contributed by atoms with Crippen LogP contribution >= 0.6 is 0 Å². The van der Waals surface area contributed by atoms with Gasteiger partial charge in [-0.1, -0.05) is 25.7 Å². The predicted octanol–water partition coefficient (Wildman–Crippen LogP) is 4.39. The smallest absolute Gasteiger partial charge is 0.111 e. The van der Waals surface area contributed by atoms with Gasteiger partial charge in [0, 0.05) is 5.92 Å². The highest BCUT2D eigenvalue weighted by Gasteiger charge is 2.59. The van der Waals surface area contributed by atoms with Crippen molar-refractivity contribution in [3.63, 3.8) is 0 Å². The molecule has 4 aliphatic rings. The van der Waals surface area contributed by atoms with Gasteiger partial charge in [0.15, 0.2) is 0 Å². The Bertz CT molecular complexity index is 572. The average molecular weight is 345 g/mol. The molecule has 4 unspecified atom stereocenters. The quantitative estimate of drug-likeness (QED) is 0.640. The van der Waals surface area contributed by atoms with Crippen LogP contribution in [-0.4, -0.2) is 22.4 Å². The molecule has 0 saturated heterocycles. The van der Waals surface area contributed by atoms with Gasteiger partial charge in [-0.05, 0) is 99.2 Å². The topological polar surface area (TPSA) is 40.5 Å². The third-order valence-corrected chi connectivity index (χ3v) is 9.10. The standard InChI is InChI=1S/C23H36O2/c1-15(24)4-5-16-7-9-20-19-8-6-17-14-18(25)10-12-23(17,3)21(19)11-13-22(16,20)2/h15-21,24-25H,6-14H2,1-3H3/t15?,16-,17-,18+,19?,20?,21?,22+,23-/m0/s1. The van der Waals surface area contributed by atoms with Crippen LogP contribution in [0.2, 0.25) is 0 Å². The van der Waals surface area contributed by atoms with Gasteiger partial charge in [-0.25, -0.2) is 0 Å². The summed E-state index contributed by atoms with van der Waals surface area (Å²) in [5.74, 6) is 10.3. The summed E-state index contributed by atoms with van der Waals surface area (Å²) in [7, 11) is 0. The Kier molecular flexibility index (Phi) is 4.49. The van der Waals surface area contributed by atoms with E-state index in [2.05, 4.69) is 25.7 Å². The van der Waals surface area contributed by atoms with E-state index in [0.29, 0.717) is 16.7 Å². The van der Waals surface area contributed by atoms with E-state index < -0.39 is 6.10 Å². The minimum atomic E-state index is -0.498. The van der Waals surface area contributed by atoms with Crippen molar-refractivity contribution in [3.8, 4) is 11.8 Å². The number of hydrogen-bond acceptors (Lipinski definition) is 2. The zero-order valence-corrected chi connectivity index (χ0v) is 16.3. The molecule has 2 N–H and O–H groups in total. The second-order valence-corrected chi connectivity index (χ2v) is 10.2. The van der Waals surface area contributed by atoms with E-state index in [0.717, 1.165) is 36.5 Å². The molecule has 0 bridgehead atoms. The van der Waals surface area contributed by atoms with Gasteiger partial charge in [0.2, 0.25) is 0 Å². The summed E-state index contributed by atoms with van der Waals surface area (Å²) in [5, 5.41) is 19.7. The molecule has 25 heavy (non-hydrogen) atoms. The molecule has 0 aromatic carbocycles. The molecule has 2 heteroatoms. The monoisotopic (exact) mass is 344 g/mol. The minimum absolute atomic E-state index is 0.0462. The van der Waals surface area contributed by atoms with Gasteiger partial charge in [-0.15, -0.1) is 0 Å². The van der Waals surface area contributed by atoms with Crippen LogP contribution < -0.4 is 0 Å². The second-order valence-electron chi connectivity index (χ2n) is 10.2. The van der Waals surface area contributed by atoms with Crippen molar-refractivity contribution in [2.24, 2.45) is 40.4 Å². The van der Waals surface area contributed by atoms with E-state index >= 15 is 0 Å². The summed E-state index contributed by atoms with van der Waals surface area (Å²) >= 11 is 0. The lowest BCUT2D eigenvalue weighted by atomic mass is 9.44. The molecule has 2 nitrogen and oxygen atoms in total. The molecule has 4 saturated carbocycles. The molecule has 0 aromatic heterocycles. The van der Waals surface area contributed by atoms with Crippen molar-refractivity contribution < 1.29 is 10.2 Å². The van der Waals surface area contributed by atoms with Crippen molar-refractivity contribution in [2.45, 2.75) is 90.8 Å². The van der Waals surface area contributed by atoms with Crippen molar-refractivity contribution in [1.29, 1.82) is 0 Å². The van der Waals surface area contributed by atoms with E-state index in [1.165, 1.54) is 44.9 Å². The molecule has 0 heterocycles. The molecule has 0 amide bonds. The number of rotatable bonds is 0. The zero-order valence-electron chi connectivity index (χ0n) is 16.3.